The van der Waals surface area contributed by atoms with Crippen molar-refractivity contribution in [3.8, 4) is 0 Å². The summed E-state index contributed by atoms with van der Waals surface area (Å²) in [5, 5.41) is 20.0. The highest BCUT2D eigenvalue weighted by Crippen LogP contribution is 2.38. The number of ether oxygens (including phenoxy) is 1. The van der Waals surface area contributed by atoms with Gasteiger partial charge in [0.15, 0.2) is 0 Å². The van der Waals surface area contributed by atoms with E-state index in [0.29, 0.717) is 19.6 Å². The Balaban J connectivity index is 1.93. The molecule has 94 valence electrons. The third kappa shape index (κ3) is 2.86. The van der Waals surface area contributed by atoms with Crippen LogP contribution in [0.2, 0.25) is 0 Å². The van der Waals surface area contributed by atoms with E-state index < -0.39 is 12.2 Å². The first-order valence-electron chi connectivity index (χ1n) is 6.24. The molecule has 17 heavy (non-hydrogen) atoms. The minimum Gasteiger partial charge on any atom is -0.391 e. The molecule has 0 fully saturated rings. The van der Waals surface area contributed by atoms with Gasteiger partial charge in [0.1, 0.15) is 0 Å². The Morgan fingerprint density at radius 2 is 2.18 bits per heavy atom. The molecule has 3 atom stereocenters. The average molecular weight is 236 g/mol. The maximum Gasteiger partial charge on any atom is 0.0825 e. The van der Waals surface area contributed by atoms with Crippen molar-refractivity contribution in [2.75, 3.05) is 13.2 Å². The average Bonchev–Trinajstić information content (AvgIpc) is 2.64. The first kappa shape index (κ1) is 12.6. The van der Waals surface area contributed by atoms with Crippen molar-refractivity contribution in [2.24, 2.45) is 5.92 Å². The molecular weight excluding hydrogens is 216 g/mol. The van der Waals surface area contributed by atoms with Crippen molar-refractivity contribution in [1.82, 2.24) is 0 Å². The van der Waals surface area contributed by atoms with E-state index in [-0.39, 0.29) is 5.92 Å². The minimum absolute atomic E-state index is 0.114. The van der Waals surface area contributed by atoms with E-state index in [2.05, 4.69) is 0 Å². The maximum atomic E-state index is 10.2. The first-order chi connectivity index (χ1) is 8.22. The van der Waals surface area contributed by atoms with Crippen LogP contribution in [-0.4, -0.2) is 29.5 Å². The van der Waals surface area contributed by atoms with Gasteiger partial charge in [0.25, 0.3) is 0 Å². The first-order valence-corrected chi connectivity index (χ1v) is 6.24. The summed E-state index contributed by atoms with van der Waals surface area (Å²) >= 11 is 0. The van der Waals surface area contributed by atoms with Gasteiger partial charge in [0, 0.05) is 6.61 Å². The Labute approximate surface area is 102 Å². The molecule has 1 aliphatic carbocycles. The van der Waals surface area contributed by atoms with E-state index >= 15 is 0 Å². The van der Waals surface area contributed by atoms with E-state index in [0.717, 1.165) is 12.0 Å². The summed E-state index contributed by atoms with van der Waals surface area (Å²) < 4.78 is 5.19. The Bertz CT molecular complexity index is 364. The van der Waals surface area contributed by atoms with Gasteiger partial charge in [-0.2, -0.15) is 0 Å². The monoisotopic (exact) mass is 236 g/mol. The highest BCUT2D eigenvalue weighted by Gasteiger charge is 2.31. The summed E-state index contributed by atoms with van der Waals surface area (Å²) in [5.74, 6) is 0.114. The topological polar surface area (TPSA) is 49.7 Å². The van der Waals surface area contributed by atoms with Gasteiger partial charge in [-0.05, 0) is 36.8 Å². The van der Waals surface area contributed by atoms with Gasteiger partial charge in [-0.25, -0.2) is 0 Å². The summed E-state index contributed by atoms with van der Waals surface area (Å²) in [6.07, 6.45) is 0.516. The molecule has 2 rings (SSSR count). The number of benzene rings is 1. The number of hydrogen-bond donors (Lipinski definition) is 2. The van der Waals surface area contributed by atoms with Crippen LogP contribution in [0.25, 0.3) is 0 Å². The van der Waals surface area contributed by atoms with Crippen molar-refractivity contribution in [3.05, 3.63) is 35.4 Å². The summed E-state index contributed by atoms with van der Waals surface area (Å²) in [5.41, 5.74) is 2.22. The molecule has 3 unspecified atom stereocenters. The Hall–Kier alpha value is -0.900. The molecule has 0 spiro atoms. The van der Waals surface area contributed by atoms with Crippen LogP contribution < -0.4 is 0 Å². The second-order valence-corrected chi connectivity index (χ2v) is 4.66. The largest absolute Gasteiger partial charge is 0.391 e. The van der Waals surface area contributed by atoms with Gasteiger partial charge in [-0.1, -0.05) is 24.3 Å². The van der Waals surface area contributed by atoms with Gasteiger partial charge < -0.3 is 14.9 Å². The van der Waals surface area contributed by atoms with E-state index in [1.807, 2.05) is 31.2 Å². The van der Waals surface area contributed by atoms with E-state index in [1.54, 1.807) is 0 Å². The normalized spacial score (nSPS) is 24.6. The van der Waals surface area contributed by atoms with Crippen molar-refractivity contribution >= 4 is 0 Å². The van der Waals surface area contributed by atoms with Gasteiger partial charge in [-0.15, -0.1) is 0 Å². The van der Waals surface area contributed by atoms with Gasteiger partial charge in [-0.3, -0.25) is 0 Å². The summed E-state index contributed by atoms with van der Waals surface area (Å²) in [6.45, 7) is 2.88. The number of aliphatic hydroxyl groups is 2. The summed E-state index contributed by atoms with van der Waals surface area (Å²) in [6, 6.07) is 7.95. The van der Waals surface area contributed by atoms with Gasteiger partial charge in [0.2, 0.25) is 0 Å². The van der Waals surface area contributed by atoms with E-state index in [4.69, 9.17) is 4.74 Å². The summed E-state index contributed by atoms with van der Waals surface area (Å²) in [7, 11) is 0. The molecule has 3 nitrogen and oxygen atoms in total. The highest BCUT2D eigenvalue weighted by atomic mass is 16.5. The van der Waals surface area contributed by atoms with Crippen LogP contribution in [0.4, 0.5) is 0 Å². The van der Waals surface area contributed by atoms with Crippen LogP contribution in [0, 0.1) is 5.92 Å². The van der Waals surface area contributed by atoms with E-state index in [1.165, 1.54) is 5.56 Å². The predicted octanol–water partition coefficient (Wildman–Crippen LogP) is 1.68. The fourth-order valence-electron chi connectivity index (χ4n) is 2.54. The Morgan fingerprint density at radius 3 is 2.88 bits per heavy atom. The molecule has 0 aromatic heterocycles. The number of hydrogen-bond acceptors (Lipinski definition) is 3. The molecule has 0 bridgehead atoms. The Morgan fingerprint density at radius 1 is 1.41 bits per heavy atom. The second-order valence-electron chi connectivity index (χ2n) is 4.66. The van der Waals surface area contributed by atoms with Crippen molar-refractivity contribution < 1.29 is 14.9 Å². The molecule has 1 aromatic carbocycles. The SMILES string of the molecule is CCOCC(O)CC1Cc2ccccc2C1O. The van der Waals surface area contributed by atoms with Gasteiger partial charge >= 0.3 is 0 Å². The molecule has 1 aromatic rings. The zero-order chi connectivity index (χ0) is 12.3. The Kier molecular flexibility index (Phi) is 4.15. The molecular formula is C14H20O3. The maximum absolute atomic E-state index is 10.2. The molecule has 0 heterocycles. The fourth-order valence-corrected chi connectivity index (χ4v) is 2.54. The van der Waals surface area contributed by atoms with Crippen molar-refractivity contribution in [2.45, 2.75) is 32.0 Å². The zero-order valence-electron chi connectivity index (χ0n) is 10.2. The molecule has 2 N–H and O–H groups in total. The van der Waals surface area contributed by atoms with Crippen LogP contribution in [0.5, 0.6) is 0 Å². The lowest BCUT2D eigenvalue weighted by Crippen LogP contribution is -2.21. The second kappa shape index (κ2) is 5.63. The van der Waals surface area contributed by atoms with Crippen LogP contribution in [0.3, 0.4) is 0 Å². The van der Waals surface area contributed by atoms with Crippen LogP contribution >= 0.6 is 0 Å². The van der Waals surface area contributed by atoms with Crippen molar-refractivity contribution in [3.63, 3.8) is 0 Å². The van der Waals surface area contributed by atoms with Crippen LogP contribution in [0.1, 0.15) is 30.6 Å². The lowest BCUT2D eigenvalue weighted by molar-refractivity contribution is 0.0119. The standard InChI is InChI=1S/C14H20O3/c1-2-17-9-12(15)8-11-7-10-5-3-4-6-13(10)14(11)16/h3-6,11-12,14-16H,2,7-9H2,1H3. The molecule has 1 aliphatic rings. The van der Waals surface area contributed by atoms with Gasteiger partial charge in [0.05, 0.1) is 18.8 Å². The third-order valence-corrected chi connectivity index (χ3v) is 3.39. The highest BCUT2D eigenvalue weighted by molar-refractivity contribution is 5.34. The third-order valence-electron chi connectivity index (χ3n) is 3.39. The zero-order valence-corrected chi connectivity index (χ0v) is 10.2. The molecule has 0 amide bonds. The molecule has 0 radical (unpaired) electrons. The van der Waals surface area contributed by atoms with E-state index in [9.17, 15) is 10.2 Å². The smallest absolute Gasteiger partial charge is 0.0825 e. The van der Waals surface area contributed by atoms with Crippen LogP contribution in [-0.2, 0) is 11.2 Å². The molecule has 3 heteroatoms. The molecule has 0 saturated heterocycles. The fraction of sp³-hybridized carbons (Fsp3) is 0.571. The lowest BCUT2D eigenvalue weighted by atomic mass is 9.96. The predicted molar refractivity (Wildman–Crippen MR) is 65.7 cm³/mol. The van der Waals surface area contributed by atoms with Crippen molar-refractivity contribution in [1.29, 1.82) is 0 Å². The molecule has 0 aliphatic heterocycles. The minimum atomic E-state index is -0.482. The van der Waals surface area contributed by atoms with Crippen LogP contribution in [0.15, 0.2) is 24.3 Å². The lowest BCUT2D eigenvalue weighted by Gasteiger charge is -2.18. The quantitative estimate of drug-likeness (QED) is 0.817. The number of aliphatic hydroxyl groups excluding tert-OH is 2. The molecule has 0 saturated carbocycles. The number of fused-ring (bicyclic) bond motifs is 1. The number of rotatable bonds is 5. The summed E-state index contributed by atoms with van der Waals surface area (Å²) in [4.78, 5) is 0.